The molecule has 0 bridgehead atoms. The number of aliphatic imine (C=N–C) groups is 2. The topological polar surface area (TPSA) is 41.8 Å². The lowest BCUT2D eigenvalue weighted by atomic mass is 9.87. The summed E-state index contributed by atoms with van der Waals surface area (Å²) in [6.45, 7) is 0. The quantitative estimate of drug-likeness (QED) is 0.676. The molecule has 0 aromatic heterocycles. The van der Waals surface area contributed by atoms with Gasteiger partial charge >= 0.3 is 0 Å². The van der Waals surface area contributed by atoms with Crippen molar-refractivity contribution < 1.29 is 4.79 Å². The van der Waals surface area contributed by atoms with Gasteiger partial charge in [-0.1, -0.05) is 12.8 Å². The van der Waals surface area contributed by atoms with E-state index in [9.17, 15) is 4.79 Å². The Hall–Kier alpha value is -1.03. The summed E-state index contributed by atoms with van der Waals surface area (Å²) >= 11 is 3.39. The molecule has 4 heteroatoms. The fourth-order valence-electron chi connectivity index (χ4n) is 2.73. The molecule has 3 nitrogen and oxygen atoms in total. The summed E-state index contributed by atoms with van der Waals surface area (Å²) in [4.78, 5) is 21.5. The van der Waals surface area contributed by atoms with E-state index in [1.807, 2.05) is 6.08 Å². The maximum absolute atomic E-state index is 12.5. The Bertz CT molecular complexity index is 514. The molecule has 94 valence electrons. The lowest BCUT2D eigenvalue weighted by Gasteiger charge is -2.25. The van der Waals surface area contributed by atoms with Crippen LogP contribution in [-0.2, 0) is 4.79 Å². The van der Waals surface area contributed by atoms with Crippen LogP contribution in [0.3, 0.4) is 0 Å². The van der Waals surface area contributed by atoms with Crippen LogP contribution in [0.25, 0.3) is 0 Å². The third kappa shape index (κ3) is 2.14. The molecule has 0 fully saturated rings. The fraction of sp³-hybridized carbons (Fsp3) is 0.500. The molecule has 0 amide bonds. The highest BCUT2D eigenvalue weighted by molar-refractivity contribution is 9.12. The Labute approximate surface area is 115 Å². The third-order valence-electron chi connectivity index (χ3n) is 3.66. The molecule has 0 saturated heterocycles. The van der Waals surface area contributed by atoms with Crippen molar-refractivity contribution in [1.82, 2.24) is 0 Å². The molecule has 3 aliphatic rings. The summed E-state index contributed by atoms with van der Waals surface area (Å²) in [6, 6.07) is -0.385. The fourth-order valence-corrected chi connectivity index (χ4v) is 3.08. The van der Waals surface area contributed by atoms with Crippen LogP contribution in [-0.4, -0.2) is 23.8 Å². The second-order valence-electron chi connectivity index (χ2n) is 4.95. The van der Waals surface area contributed by atoms with Gasteiger partial charge in [0, 0.05) is 22.0 Å². The molecule has 0 unspecified atom stereocenters. The zero-order valence-corrected chi connectivity index (χ0v) is 11.7. The van der Waals surface area contributed by atoms with Crippen LogP contribution in [0.1, 0.15) is 38.5 Å². The molecule has 1 atom stereocenters. The number of hydrogen-bond donors (Lipinski definition) is 0. The van der Waals surface area contributed by atoms with E-state index in [1.54, 1.807) is 6.21 Å². The molecule has 2 aliphatic heterocycles. The van der Waals surface area contributed by atoms with Gasteiger partial charge in [0.15, 0.2) is 11.8 Å². The molecular weight excluding hydrogens is 292 g/mol. The smallest absolute Gasteiger partial charge is 0.191 e. The maximum Gasteiger partial charge on any atom is 0.191 e. The molecule has 0 spiro atoms. The van der Waals surface area contributed by atoms with Gasteiger partial charge in [0.1, 0.15) is 0 Å². The third-order valence-corrected chi connectivity index (χ3v) is 4.10. The largest absolute Gasteiger partial charge is 0.292 e. The normalized spacial score (nSPS) is 27.8. The van der Waals surface area contributed by atoms with Crippen molar-refractivity contribution in [1.29, 1.82) is 0 Å². The molecular formula is C14H15BrN2O. The molecule has 0 aromatic rings. The first-order valence-electron chi connectivity index (χ1n) is 6.51. The molecule has 18 heavy (non-hydrogen) atoms. The van der Waals surface area contributed by atoms with Gasteiger partial charge in [0.05, 0.1) is 5.71 Å². The number of rotatable bonds is 0. The average Bonchev–Trinajstić information content (AvgIpc) is 2.31. The number of nitrogens with zero attached hydrogens (tertiary/aromatic N) is 2. The summed E-state index contributed by atoms with van der Waals surface area (Å²) in [5.41, 5.74) is 2.75. The van der Waals surface area contributed by atoms with Crippen LogP contribution in [0.2, 0.25) is 0 Å². The summed E-state index contributed by atoms with van der Waals surface area (Å²) in [5, 5.41) is 0. The molecule has 2 heterocycles. The first kappa shape index (κ1) is 12.0. The number of ketones is 1. The number of allylic oxidation sites excluding steroid dienone is 2. The van der Waals surface area contributed by atoms with Crippen molar-refractivity contribution in [3.63, 3.8) is 0 Å². The predicted molar refractivity (Wildman–Crippen MR) is 76.5 cm³/mol. The molecule has 0 radical (unpaired) electrons. The van der Waals surface area contributed by atoms with Crippen molar-refractivity contribution in [3.05, 3.63) is 21.8 Å². The molecule has 1 aliphatic carbocycles. The molecule has 3 rings (SSSR count). The first-order valence-corrected chi connectivity index (χ1v) is 7.30. The lowest BCUT2D eigenvalue weighted by Crippen LogP contribution is -2.34. The van der Waals surface area contributed by atoms with Crippen LogP contribution in [0.15, 0.2) is 31.8 Å². The van der Waals surface area contributed by atoms with Gasteiger partial charge in [-0.3, -0.25) is 14.8 Å². The number of carbonyl (C=O) groups is 1. The van der Waals surface area contributed by atoms with Crippen molar-refractivity contribution >= 4 is 33.6 Å². The van der Waals surface area contributed by atoms with Crippen molar-refractivity contribution in [2.45, 2.75) is 44.6 Å². The van der Waals surface area contributed by atoms with E-state index in [4.69, 9.17) is 0 Å². The minimum Gasteiger partial charge on any atom is -0.292 e. The first-order chi connectivity index (χ1) is 8.75. The van der Waals surface area contributed by atoms with Gasteiger partial charge in [-0.05, 0) is 47.7 Å². The van der Waals surface area contributed by atoms with Crippen LogP contribution in [0.5, 0.6) is 0 Å². The van der Waals surface area contributed by atoms with Crippen LogP contribution >= 0.6 is 15.9 Å². The van der Waals surface area contributed by atoms with Gasteiger partial charge < -0.3 is 0 Å². The Kier molecular flexibility index (Phi) is 3.29. The number of carbonyl (C=O) groups excluding carboxylic acids is 1. The minimum absolute atomic E-state index is 0.171. The Morgan fingerprint density at radius 1 is 1.17 bits per heavy atom. The Morgan fingerprint density at radius 2 is 1.94 bits per heavy atom. The Balaban J connectivity index is 2.01. The van der Waals surface area contributed by atoms with Crippen LogP contribution in [0.4, 0.5) is 0 Å². The predicted octanol–water partition coefficient (Wildman–Crippen LogP) is 3.35. The van der Waals surface area contributed by atoms with E-state index in [0.29, 0.717) is 0 Å². The second-order valence-corrected chi connectivity index (χ2v) is 5.87. The number of hydrogen-bond acceptors (Lipinski definition) is 3. The van der Waals surface area contributed by atoms with Gasteiger partial charge in [0.25, 0.3) is 0 Å². The van der Waals surface area contributed by atoms with E-state index >= 15 is 0 Å². The van der Waals surface area contributed by atoms with Gasteiger partial charge in [-0.25, -0.2) is 0 Å². The Morgan fingerprint density at radius 3 is 2.78 bits per heavy atom. The number of Topliss-reactive ketones (excluding diaryl/α,β-unsaturated/α-hetero) is 1. The van der Waals surface area contributed by atoms with Crippen LogP contribution in [0, 0.1) is 0 Å². The zero-order valence-electron chi connectivity index (χ0n) is 10.2. The van der Waals surface area contributed by atoms with Crippen molar-refractivity contribution in [2.75, 3.05) is 0 Å². The standard InChI is InChI=1S/C14H15BrN2O/c15-9-7-12-13(16-8-9)14(18)10-5-3-1-2-4-6-11(10)17-12/h7-8,13H,1-6H2/t13-/m1/s1. The minimum atomic E-state index is -0.385. The highest BCUT2D eigenvalue weighted by Gasteiger charge is 2.33. The second kappa shape index (κ2) is 4.92. The number of fused-ring (bicyclic) bond motifs is 1. The molecule has 0 aromatic carbocycles. The molecule has 0 N–H and O–H groups in total. The van der Waals surface area contributed by atoms with Crippen LogP contribution < -0.4 is 0 Å². The summed E-state index contributed by atoms with van der Waals surface area (Å²) in [5.74, 6) is 0.171. The van der Waals surface area contributed by atoms with E-state index in [1.165, 1.54) is 12.8 Å². The van der Waals surface area contributed by atoms with Gasteiger partial charge in [0.2, 0.25) is 0 Å². The lowest BCUT2D eigenvalue weighted by molar-refractivity contribution is -0.115. The highest BCUT2D eigenvalue weighted by atomic mass is 79.9. The average molecular weight is 307 g/mol. The zero-order chi connectivity index (χ0) is 12.5. The summed E-state index contributed by atoms with van der Waals surface area (Å²) in [6.07, 6.45) is 10.1. The van der Waals surface area contributed by atoms with Gasteiger partial charge in [-0.15, -0.1) is 0 Å². The monoisotopic (exact) mass is 306 g/mol. The molecule has 0 saturated carbocycles. The van der Waals surface area contributed by atoms with Crippen molar-refractivity contribution in [3.8, 4) is 0 Å². The highest BCUT2D eigenvalue weighted by Crippen LogP contribution is 2.31. The van der Waals surface area contributed by atoms with E-state index in [-0.39, 0.29) is 11.8 Å². The van der Waals surface area contributed by atoms with Crippen molar-refractivity contribution in [2.24, 2.45) is 9.98 Å². The number of dihydropyridines is 1. The van der Waals surface area contributed by atoms with E-state index in [0.717, 1.165) is 47.1 Å². The summed E-state index contributed by atoms with van der Waals surface area (Å²) < 4.78 is 0.889. The van der Waals surface area contributed by atoms with E-state index < -0.39 is 0 Å². The maximum atomic E-state index is 12.5. The van der Waals surface area contributed by atoms with E-state index in [2.05, 4.69) is 25.9 Å². The SMILES string of the molecule is O=C1C2=C(CCCCCC2)N=C2C=C(Br)C=N[C@@H]12. The van der Waals surface area contributed by atoms with Gasteiger partial charge in [-0.2, -0.15) is 0 Å². The summed E-state index contributed by atoms with van der Waals surface area (Å²) in [7, 11) is 0. The number of halogens is 1.